The number of carbonyl (C=O) groups is 1. The molecule has 0 aliphatic heterocycles. The summed E-state index contributed by atoms with van der Waals surface area (Å²) in [6.45, 7) is 0.273. The first-order valence-corrected chi connectivity index (χ1v) is 9.06. The Morgan fingerprint density at radius 3 is 2.66 bits per heavy atom. The molecule has 0 aliphatic carbocycles. The fourth-order valence-electron chi connectivity index (χ4n) is 2.78. The van der Waals surface area contributed by atoms with Gasteiger partial charge in [-0.3, -0.25) is 9.78 Å². The molecule has 1 amide bonds. The molecule has 29 heavy (non-hydrogen) atoms. The van der Waals surface area contributed by atoms with Crippen molar-refractivity contribution in [1.82, 2.24) is 20.3 Å². The van der Waals surface area contributed by atoms with Gasteiger partial charge in [0.1, 0.15) is 17.3 Å². The van der Waals surface area contributed by atoms with Crippen molar-refractivity contribution >= 4 is 11.7 Å². The van der Waals surface area contributed by atoms with Crippen LogP contribution in [0.15, 0.2) is 48.8 Å². The molecule has 3 rings (SSSR count). The summed E-state index contributed by atoms with van der Waals surface area (Å²) in [6.07, 6.45) is 3.56. The molecular formula is C21H23N5O3. The summed E-state index contributed by atoms with van der Waals surface area (Å²) in [5, 5.41) is 5.92. The average Bonchev–Trinajstić information content (AvgIpc) is 2.78. The maximum Gasteiger partial charge on any atom is 0.224 e. The maximum absolute atomic E-state index is 12.5. The number of amides is 1. The van der Waals surface area contributed by atoms with E-state index in [-0.39, 0.29) is 18.9 Å². The molecule has 8 nitrogen and oxygen atoms in total. The number of anilines is 1. The molecule has 0 bridgehead atoms. The van der Waals surface area contributed by atoms with E-state index in [9.17, 15) is 4.79 Å². The normalized spacial score (nSPS) is 10.3. The first kappa shape index (κ1) is 20.1. The van der Waals surface area contributed by atoms with E-state index in [2.05, 4.69) is 25.6 Å². The Hall–Kier alpha value is -3.68. The van der Waals surface area contributed by atoms with Crippen molar-refractivity contribution in [2.75, 3.05) is 26.6 Å². The lowest BCUT2D eigenvalue weighted by Crippen LogP contribution is -2.25. The number of methoxy groups -OCH3 is 2. The second kappa shape index (κ2) is 9.50. The summed E-state index contributed by atoms with van der Waals surface area (Å²) < 4.78 is 10.6. The Kier molecular flexibility index (Phi) is 6.57. The van der Waals surface area contributed by atoms with Gasteiger partial charge in [0.05, 0.1) is 32.9 Å². The highest BCUT2D eigenvalue weighted by atomic mass is 16.5. The van der Waals surface area contributed by atoms with Crippen LogP contribution in [0.4, 0.5) is 5.82 Å². The molecule has 0 fully saturated rings. The summed E-state index contributed by atoms with van der Waals surface area (Å²) in [7, 11) is 4.94. The number of aromatic nitrogens is 3. The zero-order valence-corrected chi connectivity index (χ0v) is 16.6. The van der Waals surface area contributed by atoms with Gasteiger partial charge in [-0.15, -0.1) is 0 Å². The highest BCUT2D eigenvalue weighted by Crippen LogP contribution is 2.24. The summed E-state index contributed by atoms with van der Waals surface area (Å²) in [6, 6.07) is 10.9. The van der Waals surface area contributed by atoms with E-state index in [1.807, 2.05) is 12.1 Å². The number of carbonyl (C=O) groups excluding carboxylic acids is 1. The van der Waals surface area contributed by atoms with Gasteiger partial charge in [-0.2, -0.15) is 0 Å². The van der Waals surface area contributed by atoms with Crippen molar-refractivity contribution in [3.63, 3.8) is 0 Å². The molecule has 2 aromatic heterocycles. The third-order valence-corrected chi connectivity index (χ3v) is 4.26. The number of hydrogen-bond donors (Lipinski definition) is 2. The number of nitrogens with one attached hydrogen (secondary N) is 2. The molecule has 3 aromatic rings. The van der Waals surface area contributed by atoms with Gasteiger partial charge in [0.25, 0.3) is 0 Å². The van der Waals surface area contributed by atoms with E-state index in [4.69, 9.17) is 9.47 Å². The molecule has 0 spiro atoms. The quantitative estimate of drug-likeness (QED) is 0.607. The van der Waals surface area contributed by atoms with Crippen LogP contribution in [0.2, 0.25) is 0 Å². The van der Waals surface area contributed by atoms with E-state index in [1.54, 1.807) is 57.9 Å². The lowest BCUT2D eigenvalue weighted by Gasteiger charge is -2.11. The fraction of sp³-hybridized carbons (Fsp3) is 0.238. The van der Waals surface area contributed by atoms with E-state index in [0.717, 1.165) is 11.1 Å². The van der Waals surface area contributed by atoms with Gasteiger partial charge in [0.2, 0.25) is 5.91 Å². The van der Waals surface area contributed by atoms with Crippen molar-refractivity contribution in [1.29, 1.82) is 0 Å². The van der Waals surface area contributed by atoms with Gasteiger partial charge in [-0.25, -0.2) is 9.97 Å². The van der Waals surface area contributed by atoms with Crippen molar-refractivity contribution in [3.8, 4) is 22.9 Å². The van der Waals surface area contributed by atoms with E-state index in [1.165, 1.54) is 0 Å². The monoisotopic (exact) mass is 393 g/mol. The molecular weight excluding hydrogens is 370 g/mol. The first-order valence-electron chi connectivity index (χ1n) is 9.06. The van der Waals surface area contributed by atoms with Crippen LogP contribution in [-0.4, -0.2) is 42.1 Å². The van der Waals surface area contributed by atoms with Crippen molar-refractivity contribution < 1.29 is 14.3 Å². The van der Waals surface area contributed by atoms with Crippen LogP contribution in [0, 0.1) is 0 Å². The molecule has 2 heterocycles. The van der Waals surface area contributed by atoms with E-state index >= 15 is 0 Å². The number of benzene rings is 1. The largest absolute Gasteiger partial charge is 0.497 e. The Balaban J connectivity index is 1.72. The van der Waals surface area contributed by atoms with Crippen LogP contribution in [0.5, 0.6) is 11.5 Å². The Bertz CT molecular complexity index is 979. The van der Waals surface area contributed by atoms with Crippen molar-refractivity contribution in [2.45, 2.75) is 13.0 Å². The van der Waals surface area contributed by atoms with Crippen molar-refractivity contribution in [2.24, 2.45) is 0 Å². The smallest absolute Gasteiger partial charge is 0.224 e. The highest BCUT2D eigenvalue weighted by molar-refractivity contribution is 5.79. The molecule has 150 valence electrons. The number of hydrogen-bond acceptors (Lipinski definition) is 7. The van der Waals surface area contributed by atoms with Gasteiger partial charge in [0.15, 0.2) is 5.82 Å². The summed E-state index contributed by atoms with van der Waals surface area (Å²) in [4.78, 5) is 25.6. The minimum Gasteiger partial charge on any atom is -0.497 e. The number of rotatable bonds is 8. The molecule has 0 saturated heterocycles. The first-order chi connectivity index (χ1) is 14.1. The second-order valence-electron chi connectivity index (χ2n) is 6.19. The molecule has 1 aromatic carbocycles. The Morgan fingerprint density at radius 1 is 1.10 bits per heavy atom. The van der Waals surface area contributed by atoms with Crippen LogP contribution >= 0.6 is 0 Å². The second-order valence-corrected chi connectivity index (χ2v) is 6.19. The lowest BCUT2D eigenvalue weighted by atomic mass is 10.1. The van der Waals surface area contributed by atoms with Gasteiger partial charge >= 0.3 is 0 Å². The van der Waals surface area contributed by atoms with E-state index in [0.29, 0.717) is 28.8 Å². The lowest BCUT2D eigenvalue weighted by molar-refractivity contribution is -0.120. The predicted octanol–water partition coefficient (Wildman–Crippen LogP) is 2.46. The average molecular weight is 393 g/mol. The van der Waals surface area contributed by atoms with Gasteiger partial charge in [-0.1, -0.05) is 0 Å². The van der Waals surface area contributed by atoms with Crippen LogP contribution < -0.4 is 20.1 Å². The Labute approximate surface area is 169 Å². The van der Waals surface area contributed by atoms with Gasteiger partial charge in [-0.05, 0) is 30.3 Å². The van der Waals surface area contributed by atoms with Crippen LogP contribution in [0.3, 0.4) is 0 Å². The molecule has 8 heteroatoms. The standard InChI is InChI=1S/C21H23N5O3/c1-22-19-11-16(25-21(26-19)14-5-4-8-23-12-14)13-24-20(27)10-15-9-17(28-2)6-7-18(15)29-3/h4-9,11-12H,10,13H2,1-3H3,(H,24,27)(H,22,25,26). The minimum atomic E-state index is -0.149. The van der Waals surface area contributed by atoms with Crippen LogP contribution in [0.25, 0.3) is 11.4 Å². The molecule has 2 N–H and O–H groups in total. The summed E-state index contributed by atoms with van der Waals surface area (Å²) in [5.74, 6) is 2.37. The zero-order valence-electron chi connectivity index (χ0n) is 16.6. The fourth-order valence-corrected chi connectivity index (χ4v) is 2.78. The van der Waals surface area contributed by atoms with Gasteiger partial charge in [0, 0.05) is 36.6 Å². The van der Waals surface area contributed by atoms with E-state index < -0.39 is 0 Å². The molecule has 0 radical (unpaired) electrons. The Morgan fingerprint density at radius 2 is 1.97 bits per heavy atom. The third kappa shape index (κ3) is 5.19. The molecule has 0 atom stereocenters. The molecule has 0 aliphatic rings. The topological polar surface area (TPSA) is 98.3 Å². The van der Waals surface area contributed by atoms with Gasteiger partial charge < -0.3 is 20.1 Å². The SMILES string of the molecule is CNc1cc(CNC(=O)Cc2cc(OC)ccc2OC)nc(-c2cccnc2)n1. The maximum atomic E-state index is 12.5. The van der Waals surface area contributed by atoms with Crippen molar-refractivity contribution in [3.05, 3.63) is 60.0 Å². The summed E-state index contributed by atoms with van der Waals surface area (Å²) in [5.41, 5.74) is 2.24. The number of pyridine rings is 1. The molecule has 0 unspecified atom stereocenters. The number of nitrogens with zero attached hydrogens (tertiary/aromatic N) is 3. The molecule has 0 saturated carbocycles. The summed E-state index contributed by atoms with van der Waals surface area (Å²) >= 11 is 0. The number of ether oxygens (including phenoxy) is 2. The minimum absolute atomic E-state index is 0.149. The predicted molar refractivity (Wildman–Crippen MR) is 110 cm³/mol. The van der Waals surface area contributed by atoms with Crippen LogP contribution in [0.1, 0.15) is 11.3 Å². The van der Waals surface area contributed by atoms with Crippen LogP contribution in [-0.2, 0) is 17.8 Å². The highest BCUT2D eigenvalue weighted by Gasteiger charge is 2.12. The third-order valence-electron chi connectivity index (χ3n) is 4.26. The zero-order chi connectivity index (χ0) is 20.6.